The monoisotopic (exact) mass is 470 g/mol. The molecule has 0 spiro atoms. The molecule has 5 rings (SSSR count). The van der Waals surface area contributed by atoms with Crippen LogP contribution in [0.4, 0.5) is 0 Å². The Morgan fingerprint density at radius 2 is 1.27 bits per heavy atom. The predicted molar refractivity (Wildman–Crippen MR) is 142 cm³/mol. The van der Waals surface area contributed by atoms with E-state index < -0.39 is 15.8 Å². The lowest BCUT2D eigenvalue weighted by atomic mass is 10.1. The van der Waals surface area contributed by atoms with E-state index in [1.54, 1.807) is 12.5 Å². The van der Waals surface area contributed by atoms with Crippen molar-refractivity contribution in [1.82, 2.24) is 0 Å². The van der Waals surface area contributed by atoms with Crippen LogP contribution in [0.3, 0.4) is 0 Å². The third kappa shape index (κ3) is 4.31. The van der Waals surface area contributed by atoms with Gasteiger partial charge < -0.3 is 8.83 Å². The quantitative estimate of drug-likeness (QED) is 0.288. The van der Waals surface area contributed by atoms with Gasteiger partial charge in [0, 0.05) is 5.92 Å². The fraction of sp³-hybridized carbons (Fsp3) is 0.172. The lowest BCUT2D eigenvalue weighted by molar-refractivity contribution is 0.592. The van der Waals surface area contributed by atoms with Crippen LogP contribution < -0.4 is 21.6 Å². The van der Waals surface area contributed by atoms with Gasteiger partial charge in [0.1, 0.15) is 11.0 Å². The van der Waals surface area contributed by atoms with Crippen molar-refractivity contribution >= 4 is 37.5 Å². The third-order valence-electron chi connectivity index (χ3n) is 6.32. The molecular formula is C29H28O2P2. The van der Waals surface area contributed by atoms with E-state index in [-0.39, 0.29) is 0 Å². The predicted octanol–water partition coefficient (Wildman–Crippen LogP) is 6.51. The van der Waals surface area contributed by atoms with E-state index in [4.69, 9.17) is 8.83 Å². The lowest BCUT2D eigenvalue weighted by Crippen LogP contribution is -2.28. The Kier molecular flexibility index (Phi) is 6.50. The van der Waals surface area contributed by atoms with Crippen LogP contribution in [-0.4, -0.2) is 5.66 Å². The molecule has 0 amide bonds. The molecule has 1 aliphatic carbocycles. The molecule has 0 bridgehead atoms. The number of rotatable bonds is 7. The summed E-state index contributed by atoms with van der Waals surface area (Å²) >= 11 is 0. The molecule has 0 N–H and O–H groups in total. The minimum Gasteiger partial charge on any atom is -0.464 e. The van der Waals surface area contributed by atoms with Gasteiger partial charge in [0.25, 0.3) is 0 Å². The molecule has 1 unspecified atom stereocenters. The van der Waals surface area contributed by atoms with Crippen molar-refractivity contribution in [1.29, 1.82) is 0 Å². The SMILES string of the molecule is Cc1ccccc1P(c1ccccc1C)[C@H](C)C1C=CC=C1P(c1ccco1)c1ccco1. The van der Waals surface area contributed by atoms with Crippen molar-refractivity contribution in [2.75, 3.05) is 0 Å². The molecule has 0 aliphatic heterocycles. The smallest absolute Gasteiger partial charge is 0.137 e. The Bertz CT molecular complexity index is 1190. The van der Waals surface area contributed by atoms with Crippen molar-refractivity contribution in [2.24, 2.45) is 5.92 Å². The zero-order valence-electron chi connectivity index (χ0n) is 19.2. The van der Waals surface area contributed by atoms with E-state index in [1.165, 1.54) is 27.1 Å². The molecule has 1 aliphatic rings. The summed E-state index contributed by atoms with van der Waals surface area (Å²) < 4.78 is 11.9. The van der Waals surface area contributed by atoms with Gasteiger partial charge in [-0.25, -0.2) is 0 Å². The highest BCUT2D eigenvalue weighted by atomic mass is 31.1. The molecule has 0 radical (unpaired) electrons. The molecule has 4 heteroatoms. The second-order valence-electron chi connectivity index (χ2n) is 8.42. The average molecular weight is 470 g/mol. The number of hydrogen-bond donors (Lipinski definition) is 0. The Morgan fingerprint density at radius 1 is 0.727 bits per heavy atom. The second-order valence-corrected chi connectivity index (χ2v) is 13.0. The summed E-state index contributed by atoms with van der Waals surface area (Å²) in [7, 11) is -1.43. The molecule has 166 valence electrons. The minimum absolute atomic E-state index is 0.316. The Balaban J connectivity index is 1.59. The zero-order chi connectivity index (χ0) is 22.8. The van der Waals surface area contributed by atoms with E-state index >= 15 is 0 Å². The van der Waals surface area contributed by atoms with Crippen LogP contribution in [-0.2, 0) is 0 Å². The van der Waals surface area contributed by atoms with Gasteiger partial charge in [-0.05, 0) is 78.7 Å². The molecule has 4 aromatic rings. The number of hydrogen-bond acceptors (Lipinski definition) is 2. The molecule has 0 saturated carbocycles. The lowest BCUT2D eigenvalue weighted by Gasteiger charge is -2.34. The standard InChI is InChI=1S/C29H28O2P2/c1-21-11-4-6-14-25(21)32(26-15-7-5-12-22(26)2)23(3)24-13-8-16-27(24)33(28-17-9-19-30-28)29-18-10-20-31-29/h4-20,23-24H,1-3H3/t23-,24?/m1/s1. The highest BCUT2D eigenvalue weighted by Gasteiger charge is 2.37. The zero-order valence-corrected chi connectivity index (χ0v) is 21.0. The Morgan fingerprint density at radius 3 is 1.76 bits per heavy atom. The molecule has 2 nitrogen and oxygen atoms in total. The first kappa shape index (κ1) is 22.1. The molecule has 2 aromatic heterocycles. The van der Waals surface area contributed by atoms with Gasteiger partial charge in [-0.15, -0.1) is 0 Å². The summed E-state index contributed by atoms with van der Waals surface area (Å²) in [5.41, 5.74) is 5.13. The molecule has 2 atom stereocenters. The molecule has 0 fully saturated rings. The number of furan rings is 2. The largest absolute Gasteiger partial charge is 0.464 e. The van der Waals surface area contributed by atoms with Crippen LogP contribution >= 0.6 is 15.8 Å². The van der Waals surface area contributed by atoms with E-state index in [9.17, 15) is 0 Å². The first-order valence-electron chi connectivity index (χ1n) is 11.3. The summed E-state index contributed by atoms with van der Waals surface area (Å²) in [5, 5.41) is 4.33. The van der Waals surface area contributed by atoms with Gasteiger partial charge in [-0.1, -0.05) is 73.7 Å². The number of benzene rings is 2. The molecule has 33 heavy (non-hydrogen) atoms. The van der Waals surface area contributed by atoms with Crippen LogP contribution in [0.5, 0.6) is 0 Å². The van der Waals surface area contributed by atoms with Gasteiger partial charge in [0.2, 0.25) is 0 Å². The van der Waals surface area contributed by atoms with Gasteiger partial charge >= 0.3 is 0 Å². The fourth-order valence-electron chi connectivity index (χ4n) is 4.67. The molecule has 2 heterocycles. The highest BCUT2D eigenvalue weighted by molar-refractivity contribution is 7.76. The first-order valence-corrected chi connectivity index (χ1v) is 14.1. The summed E-state index contributed by atoms with van der Waals surface area (Å²) in [6.45, 7) is 6.92. The van der Waals surface area contributed by atoms with Gasteiger partial charge in [-0.3, -0.25) is 0 Å². The summed E-state index contributed by atoms with van der Waals surface area (Å²) in [6, 6.07) is 25.9. The van der Waals surface area contributed by atoms with E-state index in [0.29, 0.717) is 11.6 Å². The van der Waals surface area contributed by atoms with E-state index in [0.717, 1.165) is 11.0 Å². The van der Waals surface area contributed by atoms with Crippen molar-refractivity contribution in [3.8, 4) is 0 Å². The Labute approximate surface area is 198 Å². The van der Waals surface area contributed by atoms with Crippen LogP contribution in [0, 0.1) is 19.8 Å². The third-order valence-corrected chi connectivity index (χ3v) is 11.8. The van der Waals surface area contributed by atoms with Gasteiger partial charge in [0.15, 0.2) is 0 Å². The summed E-state index contributed by atoms with van der Waals surface area (Å²) in [6.07, 6.45) is 10.4. The fourth-order valence-corrected chi connectivity index (χ4v) is 10.3. The van der Waals surface area contributed by atoms with Crippen LogP contribution in [0.25, 0.3) is 0 Å². The van der Waals surface area contributed by atoms with Gasteiger partial charge in [0.05, 0.1) is 20.4 Å². The van der Waals surface area contributed by atoms with Crippen LogP contribution in [0.15, 0.2) is 118 Å². The summed E-state index contributed by atoms with van der Waals surface area (Å²) in [4.78, 5) is 0. The normalized spacial score (nSPS) is 16.5. The number of aryl methyl sites for hydroxylation is 2. The summed E-state index contributed by atoms with van der Waals surface area (Å²) in [5.74, 6) is 0.316. The topological polar surface area (TPSA) is 26.3 Å². The van der Waals surface area contributed by atoms with Gasteiger partial charge in [-0.2, -0.15) is 0 Å². The average Bonchev–Trinajstić information content (AvgIpc) is 3.61. The number of allylic oxidation sites excluding steroid dienone is 4. The van der Waals surface area contributed by atoms with Crippen molar-refractivity contribution in [2.45, 2.75) is 26.4 Å². The molecule has 0 saturated heterocycles. The van der Waals surface area contributed by atoms with Crippen molar-refractivity contribution in [3.05, 3.63) is 120 Å². The van der Waals surface area contributed by atoms with Crippen LogP contribution in [0.2, 0.25) is 0 Å². The maximum Gasteiger partial charge on any atom is 0.137 e. The first-order chi connectivity index (χ1) is 16.1. The van der Waals surface area contributed by atoms with Crippen molar-refractivity contribution < 1.29 is 8.83 Å². The molecule has 2 aromatic carbocycles. The Hall–Kier alpha value is -2.66. The van der Waals surface area contributed by atoms with E-state index in [2.05, 4.69) is 99.7 Å². The van der Waals surface area contributed by atoms with Crippen molar-refractivity contribution in [3.63, 3.8) is 0 Å². The molecular weight excluding hydrogens is 442 g/mol. The second kappa shape index (κ2) is 9.68. The van der Waals surface area contributed by atoms with E-state index in [1.807, 2.05) is 12.1 Å². The maximum absolute atomic E-state index is 5.93. The maximum atomic E-state index is 5.93. The minimum atomic E-state index is -0.852. The highest BCUT2D eigenvalue weighted by Crippen LogP contribution is 2.55. The van der Waals surface area contributed by atoms with Crippen LogP contribution in [0.1, 0.15) is 18.1 Å².